The maximum Gasteiger partial charge on any atom is 0.251 e. The molecule has 1 rings (SSSR count). The van der Waals surface area contributed by atoms with E-state index in [1.807, 2.05) is 20.8 Å². The summed E-state index contributed by atoms with van der Waals surface area (Å²) in [6.45, 7) is 6.89. The van der Waals surface area contributed by atoms with Crippen molar-refractivity contribution in [3.63, 3.8) is 0 Å². The molecule has 0 atom stereocenters. The van der Waals surface area contributed by atoms with Crippen molar-refractivity contribution in [2.24, 2.45) is 5.73 Å². The number of nitrogens with two attached hydrogens (primary N) is 1. The van der Waals surface area contributed by atoms with Crippen LogP contribution in [-0.2, 0) is 0 Å². The molecule has 0 bridgehead atoms. The molecule has 0 fully saturated rings. The van der Waals surface area contributed by atoms with Crippen LogP contribution in [0.5, 0.6) is 11.5 Å². The van der Waals surface area contributed by atoms with Gasteiger partial charge in [-0.1, -0.05) is 13.8 Å². The minimum Gasteiger partial charge on any atom is -0.493 e. The number of hydrogen-bond donors (Lipinski definition) is 2. The van der Waals surface area contributed by atoms with Crippen LogP contribution in [0.25, 0.3) is 0 Å². The van der Waals surface area contributed by atoms with Gasteiger partial charge in [-0.2, -0.15) is 0 Å². The molecule has 0 unspecified atom stereocenters. The van der Waals surface area contributed by atoms with E-state index in [1.165, 1.54) is 0 Å². The van der Waals surface area contributed by atoms with Gasteiger partial charge < -0.3 is 20.5 Å². The van der Waals surface area contributed by atoms with Crippen LogP contribution in [-0.4, -0.2) is 31.7 Å². The number of benzene rings is 1. The van der Waals surface area contributed by atoms with Gasteiger partial charge in [-0.25, -0.2) is 0 Å². The summed E-state index contributed by atoms with van der Waals surface area (Å²) < 4.78 is 11.5. The highest BCUT2D eigenvalue weighted by Gasteiger charge is 2.22. The predicted molar refractivity (Wildman–Crippen MR) is 91.7 cm³/mol. The fourth-order valence-electron chi connectivity index (χ4n) is 1.99. The van der Waals surface area contributed by atoms with Gasteiger partial charge in [0.15, 0.2) is 11.5 Å². The molecule has 0 spiro atoms. The number of nitrogens with one attached hydrogen (secondary N) is 1. The molecule has 22 heavy (non-hydrogen) atoms. The summed E-state index contributed by atoms with van der Waals surface area (Å²) >= 11 is 3.42. The summed E-state index contributed by atoms with van der Waals surface area (Å²) in [6, 6.07) is 3.39. The molecule has 1 amide bonds. The summed E-state index contributed by atoms with van der Waals surface area (Å²) in [5, 5.41) is 2.89. The second kappa shape index (κ2) is 8.39. The zero-order valence-corrected chi connectivity index (χ0v) is 15.2. The van der Waals surface area contributed by atoms with E-state index in [1.54, 1.807) is 19.2 Å². The summed E-state index contributed by atoms with van der Waals surface area (Å²) in [7, 11) is 1.55. The predicted octanol–water partition coefficient (Wildman–Crippen LogP) is 3.10. The van der Waals surface area contributed by atoms with E-state index >= 15 is 0 Å². The largest absolute Gasteiger partial charge is 0.493 e. The van der Waals surface area contributed by atoms with Crippen LogP contribution in [0, 0.1) is 0 Å². The van der Waals surface area contributed by atoms with Crippen LogP contribution in [0.4, 0.5) is 0 Å². The van der Waals surface area contributed by atoms with E-state index in [0.29, 0.717) is 34.7 Å². The lowest BCUT2D eigenvalue weighted by atomic mass is 9.94. The Morgan fingerprint density at radius 2 is 1.95 bits per heavy atom. The molecule has 0 aliphatic carbocycles. The van der Waals surface area contributed by atoms with Crippen molar-refractivity contribution in [3.05, 3.63) is 22.2 Å². The Balaban J connectivity index is 2.93. The van der Waals surface area contributed by atoms with Gasteiger partial charge in [-0.3, -0.25) is 4.79 Å². The molecule has 0 saturated heterocycles. The number of methoxy groups -OCH3 is 1. The quantitative estimate of drug-likeness (QED) is 0.735. The first-order valence-electron chi connectivity index (χ1n) is 7.48. The van der Waals surface area contributed by atoms with E-state index in [-0.39, 0.29) is 11.4 Å². The number of halogens is 1. The molecule has 0 aliphatic heterocycles. The highest BCUT2D eigenvalue weighted by molar-refractivity contribution is 9.10. The number of amides is 1. The lowest BCUT2D eigenvalue weighted by Gasteiger charge is -2.26. The molecule has 0 radical (unpaired) electrons. The molecule has 124 valence electrons. The van der Waals surface area contributed by atoms with Crippen LogP contribution in [0.2, 0.25) is 0 Å². The lowest BCUT2D eigenvalue weighted by molar-refractivity contribution is 0.0941. The highest BCUT2D eigenvalue weighted by Crippen LogP contribution is 2.36. The van der Waals surface area contributed by atoms with Gasteiger partial charge in [-0.05, 0) is 47.8 Å². The number of ether oxygens (including phenoxy) is 2. The van der Waals surface area contributed by atoms with E-state index in [4.69, 9.17) is 15.2 Å². The fraction of sp³-hybridized carbons (Fsp3) is 0.562. The smallest absolute Gasteiger partial charge is 0.251 e. The van der Waals surface area contributed by atoms with Crippen LogP contribution in [0.3, 0.4) is 0 Å². The average Bonchev–Trinajstić information content (AvgIpc) is 2.53. The molecule has 0 aromatic heterocycles. The molecular weight excluding hydrogens is 348 g/mol. The van der Waals surface area contributed by atoms with Gasteiger partial charge in [0.25, 0.3) is 5.91 Å². The normalized spacial score (nSPS) is 11.2. The minimum atomic E-state index is -0.373. The first kappa shape index (κ1) is 18.8. The highest BCUT2D eigenvalue weighted by atomic mass is 79.9. The maximum absolute atomic E-state index is 12.3. The molecule has 6 heteroatoms. The van der Waals surface area contributed by atoms with Crippen molar-refractivity contribution in [1.82, 2.24) is 5.32 Å². The maximum atomic E-state index is 12.3. The standard InChI is InChI=1S/C16H25BrN2O3/c1-5-16(18,6-2)10-19-15(20)11-8-12(17)14(22-7-3)13(9-11)21-4/h8-9H,5-7,10,18H2,1-4H3,(H,19,20). The molecule has 1 aromatic rings. The van der Waals surface area contributed by atoms with E-state index in [9.17, 15) is 4.79 Å². The number of carbonyl (C=O) groups excluding carboxylic acids is 1. The van der Waals surface area contributed by atoms with Crippen LogP contribution >= 0.6 is 15.9 Å². The zero-order valence-electron chi connectivity index (χ0n) is 13.7. The molecule has 0 saturated carbocycles. The van der Waals surface area contributed by atoms with Crippen LogP contribution in [0.15, 0.2) is 16.6 Å². The van der Waals surface area contributed by atoms with Gasteiger partial charge in [-0.15, -0.1) is 0 Å². The Hall–Kier alpha value is -1.27. The van der Waals surface area contributed by atoms with E-state index in [2.05, 4.69) is 21.2 Å². The summed E-state index contributed by atoms with van der Waals surface area (Å²) in [6.07, 6.45) is 1.61. The molecule has 1 aromatic carbocycles. The topological polar surface area (TPSA) is 73.6 Å². The van der Waals surface area contributed by atoms with Gasteiger partial charge in [0, 0.05) is 17.6 Å². The fourth-order valence-corrected chi connectivity index (χ4v) is 2.55. The van der Waals surface area contributed by atoms with Crippen molar-refractivity contribution < 1.29 is 14.3 Å². The molecule has 5 nitrogen and oxygen atoms in total. The SMILES string of the molecule is CCOc1c(Br)cc(C(=O)NCC(N)(CC)CC)cc1OC. The summed E-state index contributed by atoms with van der Waals surface area (Å²) in [4.78, 5) is 12.3. The Labute approximate surface area is 140 Å². The second-order valence-electron chi connectivity index (χ2n) is 5.17. The zero-order chi connectivity index (χ0) is 16.8. The number of carbonyl (C=O) groups is 1. The Morgan fingerprint density at radius 3 is 2.45 bits per heavy atom. The van der Waals surface area contributed by atoms with Crippen molar-refractivity contribution in [3.8, 4) is 11.5 Å². The van der Waals surface area contributed by atoms with Crippen LogP contribution in [0.1, 0.15) is 44.0 Å². The van der Waals surface area contributed by atoms with Gasteiger partial charge in [0.2, 0.25) is 0 Å². The van der Waals surface area contributed by atoms with Crippen LogP contribution < -0.4 is 20.5 Å². The van der Waals surface area contributed by atoms with Crippen molar-refractivity contribution in [2.45, 2.75) is 39.2 Å². The third-order valence-corrected chi connectivity index (χ3v) is 4.38. The van der Waals surface area contributed by atoms with Crippen molar-refractivity contribution in [2.75, 3.05) is 20.3 Å². The molecular formula is C16H25BrN2O3. The first-order valence-corrected chi connectivity index (χ1v) is 8.27. The monoisotopic (exact) mass is 372 g/mol. The second-order valence-corrected chi connectivity index (χ2v) is 6.03. The molecule has 0 heterocycles. The van der Waals surface area contributed by atoms with Gasteiger partial charge in [0.1, 0.15) is 0 Å². The Kier molecular flexibility index (Phi) is 7.16. The van der Waals surface area contributed by atoms with Gasteiger partial charge >= 0.3 is 0 Å². The molecule has 3 N–H and O–H groups in total. The average molecular weight is 373 g/mol. The molecule has 0 aliphatic rings. The third-order valence-electron chi connectivity index (χ3n) is 3.79. The number of rotatable bonds is 8. The van der Waals surface area contributed by atoms with E-state index in [0.717, 1.165) is 12.8 Å². The lowest BCUT2D eigenvalue weighted by Crippen LogP contribution is -2.49. The Bertz CT molecular complexity index is 516. The summed E-state index contributed by atoms with van der Waals surface area (Å²) in [5.74, 6) is 0.932. The first-order chi connectivity index (χ1) is 10.4. The minimum absolute atomic E-state index is 0.182. The Morgan fingerprint density at radius 1 is 1.32 bits per heavy atom. The van der Waals surface area contributed by atoms with Crippen molar-refractivity contribution in [1.29, 1.82) is 0 Å². The van der Waals surface area contributed by atoms with Gasteiger partial charge in [0.05, 0.1) is 18.2 Å². The third kappa shape index (κ3) is 4.61. The summed E-state index contributed by atoms with van der Waals surface area (Å²) in [5.41, 5.74) is 6.33. The number of hydrogen-bond acceptors (Lipinski definition) is 4. The van der Waals surface area contributed by atoms with E-state index < -0.39 is 0 Å². The van der Waals surface area contributed by atoms with Crippen molar-refractivity contribution >= 4 is 21.8 Å².